The van der Waals surface area contributed by atoms with Crippen LogP contribution in [0.5, 0.6) is 0 Å². The molecule has 0 radical (unpaired) electrons. The van der Waals surface area contributed by atoms with Crippen molar-refractivity contribution in [1.82, 2.24) is 9.80 Å². The minimum atomic E-state index is -0.346. The normalized spacial score (nSPS) is 14.9. The van der Waals surface area contributed by atoms with E-state index < -0.39 is 0 Å². The lowest BCUT2D eigenvalue weighted by Gasteiger charge is -2.39. The molecule has 3 aromatic rings. The van der Waals surface area contributed by atoms with Gasteiger partial charge in [-0.15, -0.1) is 0 Å². The molecule has 1 fully saturated rings. The SMILES string of the molecule is O=C(/C=C/c1cccc(F)c1)N1CCN(C(c2ccc(F)cc2)c2ccc(F)cc2)CC1. The van der Waals surface area contributed by atoms with E-state index in [9.17, 15) is 18.0 Å². The molecule has 0 bridgehead atoms. The van der Waals surface area contributed by atoms with Crippen molar-refractivity contribution in [2.24, 2.45) is 0 Å². The molecule has 32 heavy (non-hydrogen) atoms. The average Bonchev–Trinajstić information content (AvgIpc) is 2.81. The number of rotatable bonds is 5. The lowest BCUT2D eigenvalue weighted by Crippen LogP contribution is -2.49. The third-order valence-corrected chi connectivity index (χ3v) is 5.63. The highest BCUT2D eigenvalue weighted by Crippen LogP contribution is 2.30. The van der Waals surface area contributed by atoms with Gasteiger partial charge in [0.2, 0.25) is 5.91 Å². The Bertz CT molecular complexity index is 1040. The standard InChI is InChI=1S/C26H23F3N2O/c27-22-9-5-20(6-10-22)26(21-7-11-23(28)12-8-21)31-16-14-30(15-17-31)25(32)13-4-19-2-1-3-24(29)18-19/h1-13,18,26H,14-17H2/b13-4+. The molecule has 0 aliphatic carbocycles. The highest BCUT2D eigenvalue weighted by molar-refractivity contribution is 5.91. The maximum Gasteiger partial charge on any atom is 0.246 e. The summed E-state index contributed by atoms with van der Waals surface area (Å²) < 4.78 is 40.3. The Morgan fingerprint density at radius 1 is 0.750 bits per heavy atom. The van der Waals surface area contributed by atoms with Gasteiger partial charge in [0, 0.05) is 32.3 Å². The highest BCUT2D eigenvalue weighted by atomic mass is 19.1. The zero-order valence-electron chi connectivity index (χ0n) is 17.4. The molecule has 3 nitrogen and oxygen atoms in total. The number of nitrogens with zero attached hydrogens (tertiary/aromatic N) is 2. The van der Waals surface area contributed by atoms with Gasteiger partial charge in [-0.25, -0.2) is 13.2 Å². The number of hydrogen-bond acceptors (Lipinski definition) is 2. The van der Waals surface area contributed by atoms with Gasteiger partial charge >= 0.3 is 0 Å². The summed E-state index contributed by atoms with van der Waals surface area (Å²) in [5.41, 5.74) is 2.44. The summed E-state index contributed by atoms with van der Waals surface area (Å²) in [4.78, 5) is 16.5. The van der Waals surface area contributed by atoms with Crippen LogP contribution < -0.4 is 0 Å². The van der Waals surface area contributed by atoms with Crippen LogP contribution in [0.25, 0.3) is 6.08 Å². The van der Waals surface area contributed by atoms with Crippen LogP contribution in [-0.2, 0) is 4.79 Å². The molecule has 6 heteroatoms. The van der Waals surface area contributed by atoms with Crippen molar-refractivity contribution in [1.29, 1.82) is 0 Å². The van der Waals surface area contributed by atoms with Crippen LogP contribution in [0.2, 0.25) is 0 Å². The van der Waals surface area contributed by atoms with Crippen LogP contribution in [0.15, 0.2) is 78.9 Å². The lowest BCUT2D eigenvalue weighted by molar-refractivity contribution is -0.127. The Morgan fingerprint density at radius 2 is 1.31 bits per heavy atom. The molecule has 1 amide bonds. The van der Waals surface area contributed by atoms with Gasteiger partial charge in [-0.3, -0.25) is 9.69 Å². The first-order valence-electron chi connectivity index (χ1n) is 10.5. The second kappa shape index (κ2) is 9.83. The van der Waals surface area contributed by atoms with E-state index in [-0.39, 0.29) is 29.4 Å². The summed E-state index contributed by atoms with van der Waals surface area (Å²) in [6.45, 7) is 2.26. The van der Waals surface area contributed by atoms with E-state index in [0.29, 0.717) is 31.7 Å². The minimum absolute atomic E-state index is 0.131. The molecule has 1 saturated heterocycles. The van der Waals surface area contributed by atoms with Gasteiger partial charge in [0.1, 0.15) is 17.5 Å². The fourth-order valence-electron chi connectivity index (χ4n) is 3.99. The van der Waals surface area contributed by atoms with Crippen LogP contribution in [0.1, 0.15) is 22.7 Å². The van der Waals surface area contributed by atoms with Gasteiger partial charge in [-0.05, 0) is 59.2 Å². The lowest BCUT2D eigenvalue weighted by atomic mass is 9.96. The van der Waals surface area contributed by atoms with Crippen LogP contribution in [-0.4, -0.2) is 41.9 Å². The maximum atomic E-state index is 13.5. The molecule has 0 N–H and O–H groups in total. The predicted octanol–water partition coefficient (Wildman–Crippen LogP) is 5.05. The number of hydrogen-bond donors (Lipinski definition) is 0. The van der Waals surface area contributed by atoms with Crippen LogP contribution >= 0.6 is 0 Å². The second-order valence-corrected chi connectivity index (χ2v) is 7.76. The molecular weight excluding hydrogens is 413 g/mol. The predicted molar refractivity (Wildman–Crippen MR) is 118 cm³/mol. The number of halogens is 3. The zero-order valence-corrected chi connectivity index (χ0v) is 17.4. The van der Waals surface area contributed by atoms with E-state index >= 15 is 0 Å². The van der Waals surface area contributed by atoms with Gasteiger partial charge < -0.3 is 4.90 Å². The van der Waals surface area contributed by atoms with Crippen molar-refractivity contribution in [2.45, 2.75) is 6.04 Å². The molecular formula is C26H23F3N2O. The molecule has 0 saturated carbocycles. The average molecular weight is 436 g/mol. The minimum Gasteiger partial charge on any atom is -0.337 e. The van der Waals surface area contributed by atoms with Crippen LogP contribution in [0.3, 0.4) is 0 Å². The smallest absolute Gasteiger partial charge is 0.246 e. The van der Waals surface area contributed by atoms with Crippen molar-refractivity contribution in [3.8, 4) is 0 Å². The van der Waals surface area contributed by atoms with Gasteiger partial charge in [0.05, 0.1) is 6.04 Å². The van der Waals surface area contributed by atoms with Crippen LogP contribution in [0, 0.1) is 17.5 Å². The highest BCUT2D eigenvalue weighted by Gasteiger charge is 2.27. The van der Waals surface area contributed by atoms with Crippen molar-refractivity contribution in [2.75, 3.05) is 26.2 Å². The Balaban J connectivity index is 1.46. The molecule has 164 valence electrons. The Labute approximate surface area is 185 Å². The third-order valence-electron chi connectivity index (χ3n) is 5.63. The summed E-state index contributed by atoms with van der Waals surface area (Å²) in [7, 11) is 0. The quantitative estimate of drug-likeness (QED) is 0.523. The van der Waals surface area contributed by atoms with E-state index in [0.717, 1.165) is 11.1 Å². The summed E-state index contributed by atoms with van der Waals surface area (Å²) >= 11 is 0. The topological polar surface area (TPSA) is 23.6 Å². The first-order chi connectivity index (χ1) is 15.5. The van der Waals surface area contributed by atoms with Gasteiger partial charge in [-0.2, -0.15) is 0 Å². The van der Waals surface area contributed by atoms with Gasteiger partial charge in [0.15, 0.2) is 0 Å². The summed E-state index contributed by atoms with van der Waals surface area (Å²) in [6, 6.07) is 18.5. The first kappa shape index (κ1) is 21.8. The molecule has 0 atom stereocenters. The molecule has 1 aliphatic heterocycles. The van der Waals surface area contributed by atoms with E-state index in [1.54, 1.807) is 47.4 Å². The molecule has 0 unspecified atom stereocenters. The van der Waals surface area contributed by atoms with Crippen molar-refractivity contribution >= 4 is 12.0 Å². The van der Waals surface area contributed by atoms with Crippen molar-refractivity contribution < 1.29 is 18.0 Å². The Morgan fingerprint density at radius 3 is 1.84 bits per heavy atom. The zero-order chi connectivity index (χ0) is 22.5. The van der Waals surface area contributed by atoms with Crippen molar-refractivity contribution in [3.05, 3.63) is 113 Å². The van der Waals surface area contributed by atoms with Gasteiger partial charge in [-0.1, -0.05) is 36.4 Å². The molecule has 3 aromatic carbocycles. The Hall–Kier alpha value is -3.38. The van der Waals surface area contributed by atoms with E-state index in [2.05, 4.69) is 4.90 Å². The number of amides is 1. The van der Waals surface area contributed by atoms with E-state index in [4.69, 9.17) is 0 Å². The number of carbonyl (C=O) groups excluding carboxylic acids is 1. The monoisotopic (exact) mass is 436 g/mol. The fraction of sp³-hybridized carbons (Fsp3) is 0.192. The number of benzene rings is 3. The fourth-order valence-corrected chi connectivity index (χ4v) is 3.99. The summed E-state index contributed by atoms with van der Waals surface area (Å²) in [5, 5.41) is 0. The summed E-state index contributed by atoms with van der Waals surface area (Å²) in [6.07, 6.45) is 3.07. The second-order valence-electron chi connectivity index (χ2n) is 7.76. The van der Waals surface area contributed by atoms with Crippen molar-refractivity contribution in [3.63, 3.8) is 0 Å². The van der Waals surface area contributed by atoms with E-state index in [1.165, 1.54) is 42.5 Å². The third kappa shape index (κ3) is 5.26. The largest absolute Gasteiger partial charge is 0.337 e. The van der Waals surface area contributed by atoms with E-state index in [1.807, 2.05) is 0 Å². The number of carbonyl (C=O) groups is 1. The molecule has 0 aromatic heterocycles. The van der Waals surface area contributed by atoms with Crippen LogP contribution in [0.4, 0.5) is 13.2 Å². The molecule has 1 heterocycles. The Kier molecular flexibility index (Phi) is 6.71. The maximum absolute atomic E-state index is 13.5. The molecule has 4 rings (SSSR count). The first-order valence-corrected chi connectivity index (χ1v) is 10.5. The molecule has 1 aliphatic rings. The summed E-state index contributed by atoms with van der Waals surface area (Å²) in [5.74, 6) is -1.10. The number of piperazine rings is 1. The molecule has 0 spiro atoms. The van der Waals surface area contributed by atoms with Gasteiger partial charge in [0.25, 0.3) is 0 Å².